The van der Waals surface area contributed by atoms with Crippen molar-refractivity contribution in [3.8, 4) is 22.6 Å². The summed E-state index contributed by atoms with van der Waals surface area (Å²) in [5.74, 6) is 1.24. The molecule has 4 nitrogen and oxygen atoms in total. The molecule has 0 amide bonds. The fraction of sp³-hybridized carbons (Fsp3) is 0.111. The average molecular weight is 550 g/mol. The molecule has 0 N–H and O–H groups in total. The molecule has 0 saturated carbocycles. The van der Waals surface area contributed by atoms with Crippen LogP contribution < -0.4 is 4.90 Å². The standard InChI is InChI=1S/C36H27N3OS/c1-24-18-25(26(22-37)23-38)19-30(40-24)15-16-31-21-34-35(41-31)32-17-14-29(20-33(32)36(34,2)3)39(27-10-6-4-7-11-27)28-12-8-5-9-13-28/h4-21H,1-3H3/b16-15+. The number of anilines is 3. The number of benzene rings is 3. The van der Waals surface area contributed by atoms with Gasteiger partial charge in [0, 0.05) is 37.8 Å². The first-order valence-corrected chi connectivity index (χ1v) is 14.2. The van der Waals surface area contributed by atoms with Crippen LogP contribution in [-0.4, -0.2) is 0 Å². The Morgan fingerprint density at radius 1 is 0.805 bits per heavy atom. The van der Waals surface area contributed by atoms with Crippen LogP contribution in [0.25, 0.3) is 16.5 Å². The second kappa shape index (κ2) is 10.5. The summed E-state index contributed by atoms with van der Waals surface area (Å²) in [4.78, 5) is 4.71. The summed E-state index contributed by atoms with van der Waals surface area (Å²) >= 11 is 1.76. The number of thiophene rings is 1. The van der Waals surface area contributed by atoms with Crippen LogP contribution in [0.2, 0.25) is 0 Å². The molecule has 1 aliphatic carbocycles. The molecule has 2 heterocycles. The van der Waals surface area contributed by atoms with Crippen molar-refractivity contribution >= 4 is 34.5 Å². The zero-order valence-corrected chi connectivity index (χ0v) is 23.9. The van der Waals surface area contributed by atoms with E-state index in [0.29, 0.717) is 17.1 Å². The Hall–Kier alpha value is -5.10. The number of hydrogen-bond donors (Lipinski definition) is 0. The largest absolute Gasteiger partial charge is 0.462 e. The molecule has 0 radical (unpaired) electrons. The molecule has 0 spiro atoms. The van der Waals surface area contributed by atoms with Crippen molar-refractivity contribution in [1.29, 1.82) is 10.5 Å². The van der Waals surface area contributed by atoms with Gasteiger partial charge in [-0.2, -0.15) is 10.5 Å². The van der Waals surface area contributed by atoms with Gasteiger partial charge in [0.25, 0.3) is 0 Å². The summed E-state index contributed by atoms with van der Waals surface area (Å²) in [5.41, 5.74) is 7.75. The average Bonchev–Trinajstić information content (AvgIpc) is 3.50. The minimum absolute atomic E-state index is 0.0736. The monoisotopic (exact) mass is 549 g/mol. The second-order valence-electron chi connectivity index (χ2n) is 10.5. The Morgan fingerprint density at radius 2 is 1.46 bits per heavy atom. The van der Waals surface area contributed by atoms with Gasteiger partial charge in [-0.05, 0) is 90.4 Å². The van der Waals surface area contributed by atoms with Gasteiger partial charge in [0.15, 0.2) is 0 Å². The van der Waals surface area contributed by atoms with Crippen molar-refractivity contribution in [3.63, 3.8) is 0 Å². The summed E-state index contributed by atoms with van der Waals surface area (Å²) in [5, 5.41) is 18.5. The van der Waals surface area contributed by atoms with Crippen molar-refractivity contribution in [2.45, 2.75) is 26.2 Å². The Morgan fingerprint density at radius 3 is 2.10 bits per heavy atom. The zero-order chi connectivity index (χ0) is 28.6. The predicted molar refractivity (Wildman–Crippen MR) is 167 cm³/mol. The predicted octanol–water partition coefficient (Wildman–Crippen LogP) is 9.70. The molecule has 198 valence electrons. The summed E-state index contributed by atoms with van der Waals surface area (Å²) in [6, 6.07) is 33.9. The lowest BCUT2D eigenvalue weighted by Gasteiger charge is -2.28. The van der Waals surface area contributed by atoms with Gasteiger partial charge < -0.3 is 9.64 Å². The molecular formula is C36H27N3OS. The first-order valence-electron chi connectivity index (χ1n) is 13.4. The van der Waals surface area contributed by atoms with Crippen molar-refractivity contribution in [3.05, 3.63) is 142 Å². The van der Waals surface area contributed by atoms with Crippen molar-refractivity contribution in [2.75, 3.05) is 4.90 Å². The highest BCUT2D eigenvalue weighted by atomic mass is 32.1. The van der Waals surface area contributed by atoms with E-state index in [-0.39, 0.29) is 11.0 Å². The topological polar surface area (TPSA) is 60.0 Å². The maximum absolute atomic E-state index is 9.27. The summed E-state index contributed by atoms with van der Waals surface area (Å²) in [6.07, 6.45) is 7.39. The summed E-state index contributed by atoms with van der Waals surface area (Å²) in [7, 11) is 0. The third kappa shape index (κ3) is 4.78. The summed E-state index contributed by atoms with van der Waals surface area (Å²) in [6.45, 7) is 6.40. The van der Waals surface area contributed by atoms with Crippen molar-refractivity contribution in [1.82, 2.24) is 0 Å². The first-order chi connectivity index (χ1) is 19.9. The summed E-state index contributed by atoms with van der Waals surface area (Å²) < 4.78 is 5.84. The number of para-hydroxylation sites is 2. The van der Waals surface area contributed by atoms with Crippen LogP contribution in [0.1, 0.15) is 36.8 Å². The molecule has 1 aliphatic heterocycles. The molecule has 0 unspecified atom stereocenters. The molecule has 4 aromatic rings. The molecule has 41 heavy (non-hydrogen) atoms. The lowest BCUT2D eigenvalue weighted by molar-refractivity contribution is 0.318. The van der Waals surface area contributed by atoms with E-state index in [9.17, 15) is 10.5 Å². The Kier molecular flexibility index (Phi) is 6.67. The van der Waals surface area contributed by atoms with Gasteiger partial charge in [0.2, 0.25) is 0 Å². The molecule has 6 rings (SSSR count). The highest BCUT2D eigenvalue weighted by Crippen LogP contribution is 2.54. The molecule has 5 heteroatoms. The number of fused-ring (bicyclic) bond motifs is 3. The smallest absolute Gasteiger partial charge is 0.137 e. The maximum Gasteiger partial charge on any atom is 0.137 e. The van der Waals surface area contributed by atoms with E-state index in [1.165, 1.54) is 21.6 Å². The van der Waals surface area contributed by atoms with Gasteiger partial charge >= 0.3 is 0 Å². The molecule has 1 aromatic heterocycles. The third-order valence-corrected chi connectivity index (χ3v) is 8.63. The van der Waals surface area contributed by atoms with Crippen LogP contribution in [0.4, 0.5) is 17.1 Å². The van der Waals surface area contributed by atoms with Gasteiger partial charge in [0.05, 0.1) is 0 Å². The lowest BCUT2D eigenvalue weighted by Crippen LogP contribution is -2.16. The maximum atomic E-state index is 9.27. The molecule has 3 aromatic carbocycles. The fourth-order valence-electron chi connectivity index (χ4n) is 5.49. The van der Waals surface area contributed by atoms with Gasteiger partial charge in [-0.3, -0.25) is 0 Å². The van der Waals surface area contributed by atoms with Gasteiger partial charge in [-0.1, -0.05) is 56.3 Å². The SMILES string of the molecule is CC1=CC(=C(C#N)C#N)C=C(/C=C/c2cc3c(s2)-c2ccc(N(c4ccccc4)c4ccccc4)cc2C3(C)C)O1. The van der Waals surface area contributed by atoms with E-state index >= 15 is 0 Å². The van der Waals surface area contributed by atoms with Crippen molar-refractivity contribution in [2.24, 2.45) is 0 Å². The highest BCUT2D eigenvalue weighted by molar-refractivity contribution is 7.16. The number of nitriles is 2. The minimum atomic E-state index is -0.160. The first kappa shape index (κ1) is 26.1. The molecule has 0 fully saturated rings. The fourth-order valence-corrected chi connectivity index (χ4v) is 6.75. The van der Waals surface area contributed by atoms with Crippen LogP contribution in [0.3, 0.4) is 0 Å². The quantitative estimate of drug-likeness (QED) is 0.233. The van der Waals surface area contributed by atoms with E-state index in [4.69, 9.17) is 4.74 Å². The van der Waals surface area contributed by atoms with Crippen LogP contribution in [-0.2, 0) is 10.2 Å². The molecular weight excluding hydrogens is 522 g/mol. The van der Waals surface area contributed by atoms with Crippen LogP contribution in [0.15, 0.2) is 126 Å². The van der Waals surface area contributed by atoms with Crippen LogP contribution in [0.5, 0.6) is 0 Å². The Labute approximate surface area is 244 Å². The number of ether oxygens (including phenoxy) is 1. The van der Waals surface area contributed by atoms with Crippen molar-refractivity contribution < 1.29 is 4.74 Å². The van der Waals surface area contributed by atoms with E-state index in [2.05, 4.69) is 91.5 Å². The van der Waals surface area contributed by atoms with Gasteiger partial charge in [-0.25, -0.2) is 0 Å². The zero-order valence-electron chi connectivity index (χ0n) is 23.1. The van der Waals surface area contributed by atoms with E-state index in [0.717, 1.165) is 21.9 Å². The number of hydrogen-bond acceptors (Lipinski definition) is 5. The highest BCUT2D eigenvalue weighted by Gasteiger charge is 2.37. The number of rotatable bonds is 5. The van der Waals surface area contributed by atoms with E-state index in [1.807, 2.05) is 43.3 Å². The van der Waals surface area contributed by atoms with Gasteiger partial charge in [-0.15, -0.1) is 11.3 Å². The van der Waals surface area contributed by atoms with Gasteiger partial charge in [0.1, 0.15) is 29.2 Å². The molecule has 0 saturated heterocycles. The molecule has 0 atom stereocenters. The molecule has 0 bridgehead atoms. The van der Waals surface area contributed by atoms with Crippen LogP contribution in [0, 0.1) is 22.7 Å². The Balaban J connectivity index is 1.35. The minimum Gasteiger partial charge on any atom is -0.462 e. The van der Waals surface area contributed by atoms with E-state index in [1.54, 1.807) is 23.5 Å². The van der Waals surface area contributed by atoms with E-state index < -0.39 is 0 Å². The Bertz CT molecular complexity index is 1800. The lowest BCUT2D eigenvalue weighted by atomic mass is 9.82. The number of nitrogens with zero attached hydrogens (tertiary/aromatic N) is 3. The van der Waals surface area contributed by atoms with Crippen LogP contribution >= 0.6 is 11.3 Å². The third-order valence-electron chi connectivity index (χ3n) is 7.49. The second-order valence-corrected chi connectivity index (χ2v) is 11.6. The normalized spacial score (nSPS) is 14.7. The molecule has 2 aliphatic rings. The number of allylic oxidation sites excluding steroid dienone is 6.